The average Bonchev–Trinajstić information content (AvgIpc) is 2.42. The molecule has 2 aromatic rings. The van der Waals surface area contributed by atoms with Crippen molar-refractivity contribution in [3.05, 3.63) is 59.6 Å². The van der Waals surface area contributed by atoms with Crippen LogP contribution in [0, 0.1) is 0 Å². The van der Waals surface area contributed by atoms with Crippen molar-refractivity contribution in [1.82, 2.24) is 0 Å². The minimum absolute atomic E-state index is 0.800. The second-order valence-corrected chi connectivity index (χ2v) is 4.03. The lowest BCUT2D eigenvalue weighted by Gasteiger charge is -2.02. The van der Waals surface area contributed by atoms with Gasteiger partial charge in [-0.2, -0.15) is 0 Å². The first-order valence-corrected chi connectivity index (χ1v) is 6.55. The van der Waals surface area contributed by atoms with Crippen molar-refractivity contribution in [1.29, 1.82) is 0 Å². The zero-order chi connectivity index (χ0) is 13.2. The summed E-state index contributed by atoms with van der Waals surface area (Å²) in [5.74, 6) is 0. The molecular weight excluding hydrogens is 244 g/mol. The molecule has 0 aromatic heterocycles. The van der Waals surface area contributed by atoms with E-state index in [2.05, 4.69) is 12.1 Å². The number of halogens is 1. The van der Waals surface area contributed by atoms with Gasteiger partial charge in [-0.25, -0.2) is 0 Å². The highest BCUT2D eigenvalue weighted by Crippen LogP contribution is 2.26. The summed E-state index contributed by atoms with van der Waals surface area (Å²) in [5.41, 5.74) is 2.25. The third-order valence-electron chi connectivity index (χ3n) is 2.37. The van der Waals surface area contributed by atoms with Crippen molar-refractivity contribution < 1.29 is 4.74 Å². The van der Waals surface area contributed by atoms with Gasteiger partial charge in [0.1, 0.15) is 0 Å². The minimum Gasteiger partial charge on any atom is -0.382 e. The van der Waals surface area contributed by atoms with E-state index in [4.69, 9.17) is 16.3 Å². The molecule has 1 nitrogen and oxygen atoms in total. The summed E-state index contributed by atoms with van der Waals surface area (Å²) in [6.07, 6.45) is 0. The van der Waals surface area contributed by atoms with Gasteiger partial charge < -0.3 is 4.74 Å². The van der Waals surface area contributed by atoms with Gasteiger partial charge in [0.2, 0.25) is 0 Å². The fraction of sp³-hybridized carbons (Fsp3) is 0.250. The third-order valence-corrected chi connectivity index (χ3v) is 2.70. The Morgan fingerprint density at radius 2 is 1.39 bits per heavy atom. The van der Waals surface area contributed by atoms with Crippen LogP contribution in [0.1, 0.15) is 13.8 Å². The highest BCUT2D eigenvalue weighted by molar-refractivity contribution is 6.33. The van der Waals surface area contributed by atoms with Crippen LogP contribution in [0.3, 0.4) is 0 Å². The van der Waals surface area contributed by atoms with E-state index in [-0.39, 0.29) is 0 Å². The lowest BCUT2D eigenvalue weighted by molar-refractivity contribution is 0.162. The summed E-state index contributed by atoms with van der Waals surface area (Å²) in [6.45, 7) is 5.67. The van der Waals surface area contributed by atoms with Gasteiger partial charge in [0.15, 0.2) is 0 Å². The Labute approximate surface area is 114 Å². The molecule has 0 saturated heterocycles. The van der Waals surface area contributed by atoms with Gasteiger partial charge in [0.25, 0.3) is 0 Å². The Morgan fingerprint density at radius 3 is 1.89 bits per heavy atom. The molecule has 2 aromatic carbocycles. The maximum absolute atomic E-state index is 6.06. The van der Waals surface area contributed by atoms with Gasteiger partial charge in [0.05, 0.1) is 0 Å². The van der Waals surface area contributed by atoms with Gasteiger partial charge in [-0.3, -0.25) is 0 Å². The van der Waals surface area contributed by atoms with Crippen molar-refractivity contribution in [3.63, 3.8) is 0 Å². The van der Waals surface area contributed by atoms with E-state index < -0.39 is 0 Å². The standard InChI is InChI=1S/C12H9Cl.C4H10O/c13-12-9-5-4-8-11(12)10-6-2-1-3-7-10;1-3-5-4-2/h1-9H;3-4H2,1-2H3. The normalized spacial score (nSPS) is 9.50. The smallest absolute Gasteiger partial charge is 0.0484 e. The molecule has 0 aliphatic rings. The molecule has 0 atom stereocenters. The fourth-order valence-corrected chi connectivity index (χ4v) is 1.76. The summed E-state index contributed by atoms with van der Waals surface area (Å²) < 4.78 is 4.83. The van der Waals surface area contributed by atoms with Crippen LogP contribution in [-0.2, 0) is 4.74 Å². The van der Waals surface area contributed by atoms with Crippen LogP contribution >= 0.6 is 11.6 Å². The van der Waals surface area contributed by atoms with Crippen molar-refractivity contribution in [2.45, 2.75) is 13.8 Å². The maximum atomic E-state index is 6.06. The number of hydrogen-bond donors (Lipinski definition) is 0. The molecule has 0 heterocycles. The summed E-state index contributed by atoms with van der Waals surface area (Å²) in [5, 5.41) is 0.800. The van der Waals surface area contributed by atoms with Crippen molar-refractivity contribution in [2.24, 2.45) is 0 Å². The van der Waals surface area contributed by atoms with E-state index in [1.165, 1.54) is 0 Å². The van der Waals surface area contributed by atoms with E-state index >= 15 is 0 Å². The van der Waals surface area contributed by atoms with Crippen LogP contribution < -0.4 is 0 Å². The van der Waals surface area contributed by atoms with E-state index in [1.807, 2.05) is 56.3 Å². The molecule has 0 fully saturated rings. The van der Waals surface area contributed by atoms with Gasteiger partial charge in [0, 0.05) is 23.8 Å². The lowest BCUT2D eigenvalue weighted by atomic mass is 10.1. The zero-order valence-electron chi connectivity index (χ0n) is 10.9. The first-order chi connectivity index (χ1) is 8.79. The highest BCUT2D eigenvalue weighted by atomic mass is 35.5. The molecule has 0 spiro atoms. The molecule has 2 rings (SSSR count). The van der Waals surface area contributed by atoms with E-state index in [9.17, 15) is 0 Å². The maximum Gasteiger partial charge on any atom is 0.0484 e. The fourth-order valence-electron chi connectivity index (χ4n) is 1.52. The van der Waals surface area contributed by atoms with E-state index in [0.717, 1.165) is 29.4 Å². The predicted octanol–water partition coefficient (Wildman–Crippen LogP) is 5.05. The molecule has 18 heavy (non-hydrogen) atoms. The molecular formula is C16H19ClO. The molecule has 0 radical (unpaired) electrons. The SMILES string of the molecule is CCOCC.Clc1ccccc1-c1ccccc1. The Kier molecular flexibility index (Phi) is 7.16. The van der Waals surface area contributed by atoms with Gasteiger partial charge in [-0.1, -0.05) is 60.1 Å². The van der Waals surface area contributed by atoms with Gasteiger partial charge in [-0.05, 0) is 25.5 Å². The highest BCUT2D eigenvalue weighted by Gasteiger charge is 1.99. The second-order valence-electron chi connectivity index (χ2n) is 3.63. The molecule has 0 amide bonds. The molecule has 96 valence electrons. The molecule has 0 aliphatic heterocycles. The molecule has 0 unspecified atom stereocenters. The van der Waals surface area contributed by atoms with Crippen LogP contribution in [0.5, 0.6) is 0 Å². The molecule has 2 heteroatoms. The Balaban J connectivity index is 0.000000280. The molecule has 0 aliphatic carbocycles. The largest absolute Gasteiger partial charge is 0.382 e. The van der Waals surface area contributed by atoms with Gasteiger partial charge in [-0.15, -0.1) is 0 Å². The Bertz CT molecular complexity index is 438. The number of rotatable bonds is 3. The van der Waals surface area contributed by atoms with Crippen molar-refractivity contribution >= 4 is 11.6 Å². The van der Waals surface area contributed by atoms with Crippen LogP contribution in [0.2, 0.25) is 5.02 Å². The van der Waals surface area contributed by atoms with Crippen LogP contribution in [0.25, 0.3) is 11.1 Å². The van der Waals surface area contributed by atoms with E-state index in [1.54, 1.807) is 0 Å². The van der Waals surface area contributed by atoms with Crippen LogP contribution in [-0.4, -0.2) is 13.2 Å². The van der Waals surface area contributed by atoms with E-state index in [0.29, 0.717) is 0 Å². The number of benzene rings is 2. The average molecular weight is 263 g/mol. The summed E-state index contributed by atoms with van der Waals surface area (Å²) in [7, 11) is 0. The topological polar surface area (TPSA) is 9.23 Å². The second kappa shape index (κ2) is 8.73. The Hall–Kier alpha value is -1.31. The monoisotopic (exact) mass is 262 g/mol. The lowest BCUT2D eigenvalue weighted by Crippen LogP contribution is -1.84. The Morgan fingerprint density at radius 1 is 0.833 bits per heavy atom. The minimum atomic E-state index is 0.800. The summed E-state index contributed by atoms with van der Waals surface area (Å²) >= 11 is 6.06. The first-order valence-electron chi connectivity index (χ1n) is 6.17. The predicted molar refractivity (Wildman–Crippen MR) is 79.1 cm³/mol. The molecule has 0 bridgehead atoms. The van der Waals surface area contributed by atoms with Crippen molar-refractivity contribution in [2.75, 3.05) is 13.2 Å². The summed E-state index contributed by atoms with van der Waals surface area (Å²) in [4.78, 5) is 0. The molecule has 0 saturated carbocycles. The van der Waals surface area contributed by atoms with Crippen LogP contribution in [0.4, 0.5) is 0 Å². The number of ether oxygens (including phenoxy) is 1. The van der Waals surface area contributed by atoms with Gasteiger partial charge >= 0.3 is 0 Å². The zero-order valence-corrected chi connectivity index (χ0v) is 11.7. The number of hydrogen-bond acceptors (Lipinski definition) is 1. The summed E-state index contributed by atoms with van der Waals surface area (Å²) in [6, 6.07) is 18.0. The first kappa shape index (κ1) is 14.7. The third kappa shape index (κ3) is 4.91. The quantitative estimate of drug-likeness (QED) is 0.752. The molecule has 0 N–H and O–H groups in total. The van der Waals surface area contributed by atoms with Crippen LogP contribution in [0.15, 0.2) is 54.6 Å². The van der Waals surface area contributed by atoms with Crippen molar-refractivity contribution in [3.8, 4) is 11.1 Å².